The van der Waals surface area contributed by atoms with Gasteiger partial charge in [0.15, 0.2) is 0 Å². The SMILES string of the molecule is CNC(=O)c1cccc(NC(=O)Cc2coc3cc(C)c(C(C)C)cc23)c1. The maximum Gasteiger partial charge on any atom is 0.251 e. The van der Waals surface area contributed by atoms with E-state index in [9.17, 15) is 9.59 Å². The highest BCUT2D eigenvalue weighted by Crippen LogP contribution is 2.29. The summed E-state index contributed by atoms with van der Waals surface area (Å²) in [6, 6.07) is 11.0. The van der Waals surface area contributed by atoms with Crippen LogP contribution in [0.4, 0.5) is 5.69 Å². The molecule has 27 heavy (non-hydrogen) atoms. The first-order valence-corrected chi connectivity index (χ1v) is 9.01. The highest BCUT2D eigenvalue weighted by atomic mass is 16.3. The summed E-state index contributed by atoms with van der Waals surface area (Å²) >= 11 is 0. The Morgan fingerprint density at radius 1 is 1.15 bits per heavy atom. The number of hydrogen-bond acceptors (Lipinski definition) is 3. The molecule has 0 aliphatic heterocycles. The number of amides is 2. The molecule has 0 aliphatic carbocycles. The molecular weight excluding hydrogens is 340 g/mol. The van der Waals surface area contributed by atoms with E-state index in [-0.39, 0.29) is 18.2 Å². The molecule has 5 heteroatoms. The van der Waals surface area contributed by atoms with Gasteiger partial charge in [0.2, 0.25) is 5.91 Å². The minimum absolute atomic E-state index is 0.154. The quantitative estimate of drug-likeness (QED) is 0.705. The number of carbonyl (C=O) groups is 2. The lowest BCUT2D eigenvalue weighted by Crippen LogP contribution is -2.19. The number of nitrogens with one attached hydrogen (secondary N) is 2. The molecule has 2 N–H and O–H groups in total. The van der Waals surface area contributed by atoms with Crippen LogP contribution >= 0.6 is 0 Å². The first-order chi connectivity index (χ1) is 12.9. The van der Waals surface area contributed by atoms with Crippen LogP contribution in [-0.4, -0.2) is 18.9 Å². The first kappa shape index (κ1) is 18.7. The second kappa shape index (κ2) is 7.66. The predicted octanol–water partition coefficient (Wildman–Crippen LogP) is 4.41. The molecule has 0 saturated heterocycles. The average molecular weight is 364 g/mol. The Bertz CT molecular complexity index is 1000. The van der Waals surface area contributed by atoms with Gasteiger partial charge in [-0.1, -0.05) is 19.9 Å². The molecule has 0 radical (unpaired) electrons. The van der Waals surface area contributed by atoms with Crippen LogP contribution in [0.25, 0.3) is 11.0 Å². The summed E-state index contributed by atoms with van der Waals surface area (Å²) in [7, 11) is 1.57. The maximum absolute atomic E-state index is 12.5. The fourth-order valence-electron chi connectivity index (χ4n) is 3.26. The number of rotatable bonds is 5. The van der Waals surface area contributed by atoms with Gasteiger partial charge in [-0.05, 0) is 54.3 Å². The van der Waals surface area contributed by atoms with Gasteiger partial charge in [0.25, 0.3) is 5.91 Å². The summed E-state index contributed by atoms with van der Waals surface area (Å²) in [6.45, 7) is 6.38. The van der Waals surface area contributed by atoms with Crippen LogP contribution in [0.2, 0.25) is 0 Å². The number of benzene rings is 2. The van der Waals surface area contributed by atoms with Crippen LogP contribution in [0.5, 0.6) is 0 Å². The van der Waals surface area contributed by atoms with Gasteiger partial charge >= 0.3 is 0 Å². The zero-order valence-corrected chi connectivity index (χ0v) is 16.1. The Morgan fingerprint density at radius 3 is 2.63 bits per heavy atom. The zero-order chi connectivity index (χ0) is 19.6. The molecule has 0 atom stereocenters. The van der Waals surface area contributed by atoms with Gasteiger partial charge in [-0.25, -0.2) is 0 Å². The third-order valence-electron chi connectivity index (χ3n) is 4.65. The highest BCUT2D eigenvalue weighted by molar-refractivity contribution is 5.98. The molecule has 2 amide bonds. The van der Waals surface area contributed by atoms with E-state index >= 15 is 0 Å². The van der Waals surface area contributed by atoms with Crippen molar-refractivity contribution >= 4 is 28.5 Å². The summed E-state index contributed by atoms with van der Waals surface area (Å²) < 4.78 is 5.65. The van der Waals surface area contributed by atoms with Gasteiger partial charge < -0.3 is 15.1 Å². The van der Waals surface area contributed by atoms with E-state index in [0.29, 0.717) is 17.2 Å². The predicted molar refractivity (Wildman–Crippen MR) is 107 cm³/mol. The Morgan fingerprint density at radius 2 is 1.93 bits per heavy atom. The minimum Gasteiger partial charge on any atom is -0.464 e. The summed E-state index contributed by atoms with van der Waals surface area (Å²) in [5, 5.41) is 6.40. The van der Waals surface area contributed by atoms with Gasteiger partial charge in [0, 0.05) is 29.2 Å². The van der Waals surface area contributed by atoms with Gasteiger partial charge in [-0.3, -0.25) is 9.59 Å². The molecule has 0 aliphatic rings. The van der Waals surface area contributed by atoms with E-state index in [1.165, 1.54) is 11.1 Å². The van der Waals surface area contributed by atoms with Crippen molar-refractivity contribution in [2.24, 2.45) is 0 Å². The summed E-state index contributed by atoms with van der Waals surface area (Å²) in [5.74, 6) is 0.0559. The molecule has 3 rings (SSSR count). The van der Waals surface area contributed by atoms with Crippen molar-refractivity contribution < 1.29 is 14.0 Å². The molecule has 1 heterocycles. The number of aryl methyl sites for hydroxylation is 1. The van der Waals surface area contributed by atoms with Crippen LogP contribution in [0.3, 0.4) is 0 Å². The lowest BCUT2D eigenvalue weighted by atomic mass is 9.95. The summed E-state index contributed by atoms with van der Waals surface area (Å²) in [6.07, 6.45) is 1.85. The van der Waals surface area contributed by atoms with Crippen LogP contribution < -0.4 is 10.6 Å². The summed E-state index contributed by atoms with van der Waals surface area (Å²) in [4.78, 5) is 24.2. The van der Waals surface area contributed by atoms with Gasteiger partial charge in [0.1, 0.15) is 5.58 Å². The second-order valence-electron chi connectivity index (χ2n) is 7.01. The van der Waals surface area contributed by atoms with E-state index in [1.807, 2.05) is 6.07 Å². The Kier molecular flexibility index (Phi) is 5.31. The van der Waals surface area contributed by atoms with Crippen LogP contribution in [0.15, 0.2) is 47.1 Å². The second-order valence-corrected chi connectivity index (χ2v) is 7.01. The third-order valence-corrected chi connectivity index (χ3v) is 4.65. The van der Waals surface area contributed by atoms with Gasteiger partial charge in [-0.15, -0.1) is 0 Å². The molecule has 0 fully saturated rings. The molecule has 1 aromatic heterocycles. The van der Waals surface area contributed by atoms with Crippen molar-refractivity contribution in [3.63, 3.8) is 0 Å². The number of carbonyl (C=O) groups excluding carboxylic acids is 2. The smallest absolute Gasteiger partial charge is 0.251 e. The normalized spacial score (nSPS) is 11.0. The molecule has 0 unspecified atom stereocenters. The molecule has 5 nitrogen and oxygen atoms in total. The van der Waals surface area contributed by atoms with E-state index < -0.39 is 0 Å². The molecule has 0 saturated carbocycles. The number of fused-ring (bicyclic) bond motifs is 1. The minimum atomic E-state index is -0.191. The Balaban J connectivity index is 1.80. The fourth-order valence-corrected chi connectivity index (χ4v) is 3.26. The van der Waals surface area contributed by atoms with E-state index in [2.05, 4.69) is 37.5 Å². The van der Waals surface area contributed by atoms with Crippen LogP contribution in [-0.2, 0) is 11.2 Å². The molecule has 3 aromatic rings. The highest BCUT2D eigenvalue weighted by Gasteiger charge is 2.14. The molecule has 140 valence electrons. The van der Waals surface area contributed by atoms with Crippen molar-refractivity contribution in [2.75, 3.05) is 12.4 Å². The molecule has 0 bridgehead atoms. The van der Waals surface area contributed by atoms with E-state index in [4.69, 9.17) is 4.42 Å². The maximum atomic E-state index is 12.5. The first-order valence-electron chi connectivity index (χ1n) is 9.01. The third kappa shape index (κ3) is 4.03. The van der Waals surface area contributed by atoms with Crippen molar-refractivity contribution in [1.82, 2.24) is 5.32 Å². The summed E-state index contributed by atoms with van der Waals surface area (Å²) in [5.41, 5.74) is 5.18. The van der Waals surface area contributed by atoms with E-state index in [0.717, 1.165) is 16.5 Å². The molecule has 2 aromatic carbocycles. The lowest BCUT2D eigenvalue weighted by Gasteiger charge is -2.10. The standard InChI is InChI=1S/C22H24N2O3/c1-13(2)18-11-19-16(12-27-20(19)8-14(18)3)10-21(25)24-17-7-5-6-15(9-17)22(26)23-4/h5-9,11-13H,10H2,1-4H3,(H,23,26)(H,24,25). The molecule has 0 spiro atoms. The van der Waals surface area contributed by atoms with Gasteiger partial charge in [0.05, 0.1) is 12.7 Å². The van der Waals surface area contributed by atoms with Crippen molar-refractivity contribution in [1.29, 1.82) is 0 Å². The number of furan rings is 1. The van der Waals surface area contributed by atoms with Crippen LogP contribution in [0.1, 0.15) is 46.8 Å². The topological polar surface area (TPSA) is 71.3 Å². The van der Waals surface area contributed by atoms with E-state index in [1.54, 1.807) is 37.6 Å². The van der Waals surface area contributed by atoms with Crippen molar-refractivity contribution in [2.45, 2.75) is 33.1 Å². The van der Waals surface area contributed by atoms with Crippen molar-refractivity contribution in [3.8, 4) is 0 Å². The lowest BCUT2D eigenvalue weighted by molar-refractivity contribution is -0.115. The Hall–Kier alpha value is -3.08. The number of hydrogen-bond donors (Lipinski definition) is 2. The Labute approximate surface area is 158 Å². The monoisotopic (exact) mass is 364 g/mol. The largest absolute Gasteiger partial charge is 0.464 e. The zero-order valence-electron chi connectivity index (χ0n) is 16.1. The number of anilines is 1. The van der Waals surface area contributed by atoms with Gasteiger partial charge in [-0.2, -0.15) is 0 Å². The van der Waals surface area contributed by atoms with Crippen LogP contribution in [0, 0.1) is 6.92 Å². The molecular formula is C22H24N2O3. The van der Waals surface area contributed by atoms with Crippen molar-refractivity contribution in [3.05, 3.63) is 64.9 Å². The fraction of sp³-hybridized carbons (Fsp3) is 0.273. The average Bonchev–Trinajstić information content (AvgIpc) is 3.01.